The van der Waals surface area contributed by atoms with E-state index in [1.54, 1.807) is 55.0 Å². The molecule has 17 heteroatoms. The molecule has 9 aromatic heterocycles. The lowest BCUT2D eigenvalue weighted by atomic mass is 10.1. The van der Waals surface area contributed by atoms with E-state index in [9.17, 15) is 0 Å². The molecule has 0 radical (unpaired) electrons. The first kappa shape index (κ1) is 67.3. The second-order valence-corrected chi connectivity index (χ2v) is 22.9. The maximum atomic E-state index is 4.58. The van der Waals surface area contributed by atoms with Crippen LogP contribution in [0.2, 0.25) is 0 Å². The third kappa shape index (κ3) is 20.0. The molecule has 0 aliphatic carbocycles. The van der Waals surface area contributed by atoms with E-state index in [-0.39, 0.29) is 12.2 Å². The molecule has 2 N–H and O–H groups in total. The highest BCUT2D eigenvalue weighted by Crippen LogP contribution is 2.20. The van der Waals surface area contributed by atoms with Crippen LogP contribution in [0.4, 0.5) is 0 Å². The fourth-order valence-corrected chi connectivity index (χ4v) is 11.0. The molecule has 10 aromatic carbocycles. The predicted octanol–water partition coefficient (Wildman–Crippen LogP) is 18.9. The Bertz CT molecular complexity index is 4650. The highest BCUT2D eigenvalue weighted by Gasteiger charge is 2.21. The summed E-state index contributed by atoms with van der Waals surface area (Å²) in [5.74, 6) is 0. The molecule has 0 amide bonds. The van der Waals surface area contributed by atoms with Gasteiger partial charge in [-0.05, 0) is 110 Å². The first-order valence-electron chi connectivity index (χ1n) is 32.3. The molecule has 0 fully saturated rings. The molecule has 2 aliphatic heterocycles. The van der Waals surface area contributed by atoms with Gasteiger partial charge in [-0.3, -0.25) is 19.9 Å². The SMILES string of the molecule is C1=NC=NC2N=CNC12.c1ccc2c[nH]cc2c1.c1ccc2cnccc2c1.c1ccc2cnncc2c1.c1ccc2cscc2c1.c1ccc2nc3ccccc3cc2c1.c1ccc2ncccc2c1.c1ccc2nccnc2c1.c1ccc2ncncc2c1.c1ccc2nnccc2c1. The molecule has 2 atom stereocenters. The number of aromatic nitrogens is 12. The van der Waals surface area contributed by atoms with Gasteiger partial charge < -0.3 is 10.3 Å². The lowest BCUT2D eigenvalue weighted by molar-refractivity contribution is 0.662. The Kier molecular flexibility index (Phi) is 24.3. The number of fused-ring (bicyclic) bond motifs is 11. The van der Waals surface area contributed by atoms with Crippen LogP contribution in [-0.2, 0) is 0 Å². The van der Waals surface area contributed by atoms with Gasteiger partial charge in [0.15, 0.2) is 6.17 Å². The summed E-state index contributed by atoms with van der Waals surface area (Å²) in [6.45, 7) is 0. The molecule has 488 valence electrons. The zero-order valence-electron chi connectivity index (χ0n) is 54.6. The van der Waals surface area contributed by atoms with E-state index in [2.05, 4.69) is 170 Å². The fraction of sp³-hybridized carbons (Fsp3) is 0.0238. The molecule has 0 spiro atoms. The minimum Gasteiger partial charge on any atom is -0.366 e. The summed E-state index contributed by atoms with van der Waals surface area (Å²) in [5.41, 5.74) is 7.03. The summed E-state index contributed by atoms with van der Waals surface area (Å²) < 4.78 is 0. The second-order valence-electron chi connectivity index (χ2n) is 22.2. The van der Waals surface area contributed by atoms with E-state index in [0.717, 1.165) is 60.2 Å². The molecule has 0 bridgehead atoms. The summed E-state index contributed by atoms with van der Waals surface area (Å²) in [6.07, 6.45) is 26.5. The predicted molar refractivity (Wildman–Crippen MR) is 417 cm³/mol. The highest BCUT2D eigenvalue weighted by molar-refractivity contribution is 7.09. The van der Waals surface area contributed by atoms with E-state index in [1.807, 2.05) is 238 Å². The van der Waals surface area contributed by atoms with E-state index >= 15 is 0 Å². The Morgan fingerprint density at radius 2 is 0.752 bits per heavy atom. The van der Waals surface area contributed by atoms with Crippen LogP contribution in [0.1, 0.15) is 0 Å². The van der Waals surface area contributed by atoms with Gasteiger partial charge in [0, 0.05) is 93.5 Å². The number of nitrogens with one attached hydrogen (secondary N) is 2. The Morgan fingerprint density at radius 1 is 0.307 bits per heavy atom. The number of hydrogen-bond donors (Lipinski definition) is 2. The number of benzene rings is 10. The van der Waals surface area contributed by atoms with Crippen molar-refractivity contribution in [1.29, 1.82) is 0 Å². The minimum atomic E-state index is 0.0440. The Labute approximate surface area is 586 Å². The zero-order chi connectivity index (χ0) is 68.6. The Balaban J connectivity index is 0.000000106. The van der Waals surface area contributed by atoms with Crippen LogP contribution in [0.15, 0.2) is 373 Å². The molecule has 19 aromatic rings. The van der Waals surface area contributed by atoms with Gasteiger partial charge in [0.05, 0.1) is 63.5 Å². The number of para-hydroxylation sites is 6. The van der Waals surface area contributed by atoms with Gasteiger partial charge in [-0.25, -0.2) is 29.9 Å². The first-order chi connectivity index (χ1) is 50.1. The van der Waals surface area contributed by atoms with Crippen molar-refractivity contribution >= 4 is 139 Å². The smallest absolute Gasteiger partial charge is 0.168 e. The molecule has 2 unspecified atom stereocenters. The number of pyridine rings is 3. The summed E-state index contributed by atoms with van der Waals surface area (Å²) in [5, 5.41) is 38.3. The molecule has 16 nitrogen and oxygen atoms in total. The lowest BCUT2D eigenvalue weighted by Crippen LogP contribution is -2.33. The molecular formula is C84H66N16S. The van der Waals surface area contributed by atoms with Crippen LogP contribution < -0.4 is 5.32 Å². The average molecular weight is 1330 g/mol. The van der Waals surface area contributed by atoms with E-state index in [1.165, 1.54) is 54.8 Å². The molecule has 0 saturated heterocycles. The Morgan fingerprint density at radius 3 is 1.32 bits per heavy atom. The Hall–Kier alpha value is -13.6. The van der Waals surface area contributed by atoms with Crippen LogP contribution in [0.3, 0.4) is 0 Å². The number of nitrogens with zero attached hydrogens (tertiary/aromatic N) is 14. The molecule has 21 rings (SSSR count). The lowest BCUT2D eigenvalue weighted by Gasteiger charge is -2.10. The minimum absolute atomic E-state index is 0.0440. The molecule has 101 heavy (non-hydrogen) atoms. The molecule has 2 aliphatic rings. The van der Waals surface area contributed by atoms with E-state index < -0.39 is 0 Å². The number of hydrogen-bond acceptors (Lipinski definition) is 16. The topological polar surface area (TPSA) is 207 Å². The van der Waals surface area contributed by atoms with Crippen molar-refractivity contribution in [2.45, 2.75) is 12.2 Å². The third-order valence-electron chi connectivity index (χ3n) is 15.4. The summed E-state index contributed by atoms with van der Waals surface area (Å²) in [6, 6.07) is 91.3. The molecule has 0 saturated carbocycles. The van der Waals surface area contributed by atoms with Crippen LogP contribution >= 0.6 is 11.3 Å². The van der Waals surface area contributed by atoms with Crippen molar-refractivity contribution < 1.29 is 0 Å². The van der Waals surface area contributed by atoms with Crippen LogP contribution in [0.5, 0.6) is 0 Å². The first-order valence-corrected chi connectivity index (χ1v) is 33.3. The fourth-order valence-electron chi connectivity index (χ4n) is 10.2. The summed E-state index contributed by atoms with van der Waals surface area (Å²) in [7, 11) is 0. The standard InChI is InChI=1S/C13H9N.2C9H7N.4C8H6N2.C8H7N.C8H6S.C5H6N4/c1-3-7-12-10(5-1)9-11-6-2-4-8-13(11)14-12;1-2-6-9-8(4-1)5-3-7-10-9;1-2-4-9-7-10-6-5-8(9)3-1;1-2-4-8-7(3-1)5-9-6-10-8;1-2-4-8-6-10-9-5-7(8)3-1;1-2-4-8-7(3-1)9-5-6-10-8;1-2-4-8-7(3-1)5-6-9-10-8;2*1-2-4-8-6-9-5-7(8)3-1;1-4-5(8-2-6-1)9-3-7-4/h1-9H;2*1-7H;4*1-6H;1-6,9H;1-6H;1-5H,(H,7,9). The number of H-pyrrole nitrogens is 1. The quantitative estimate of drug-likeness (QED) is 0.136. The van der Waals surface area contributed by atoms with Gasteiger partial charge in [-0.1, -0.05) is 206 Å². The van der Waals surface area contributed by atoms with Gasteiger partial charge in [-0.2, -0.15) is 31.7 Å². The molecule has 11 heterocycles. The van der Waals surface area contributed by atoms with Gasteiger partial charge >= 0.3 is 0 Å². The number of rotatable bonds is 0. The monoisotopic (exact) mass is 1330 g/mol. The van der Waals surface area contributed by atoms with Gasteiger partial charge in [0.2, 0.25) is 0 Å². The van der Waals surface area contributed by atoms with Gasteiger partial charge in [0.25, 0.3) is 0 Å². The van der Waals surface area contributed by atoms with Crippen molar-refractivity contribution in [3.8, 4) is 0 Å². The number of thiophene rings is 1. The zero-order valence-corrected chi connectivity index (χ0v) is 55.4. The van der Waals surface area contributed by atoms with Crippen LogP contribution in [0, 0.1) is 0 Å². The number of aromatic amines is 1. The highest BCUT2D eigenvalue weighted by atomic mass is 32.1. The normalized spacial score (nSPS) is 12.5. The second kappa shape index (κ2) is 36.5. The van der Waals surface area contributed by atoms with Crippen molar-refractivity contribution in [3.05, 3.63) is 358 Å². The summed E-state index contributed by atoms with van der Waals surface area (Å²) >= 11 is 1.75. The van der Waals surface area contributed by atoms with E-state index in [0.29, 0.717) is 0 Å². The largest absolute Gasteiger partial charge is 0.366 e. The maximum Gasteiger partial charge on any atom is 0.168 e. The van der Waals surface area contributed by atoms with Gasteiger partial charge in [0.1, 0.15) is 18.7 Å². The summed E-state index contributed by atoms with van der Waals surface area (Å²) in [4.78, 5) is 43.9. The maximum absolute atomic E-state index is 4.58. The van der Waals surface area contributed by atoms with Crippen molar-refractivity contribution in [2.24, 2.45) is 15.0 Å². The van der Waals surface area contributed by atoms with Gasteiger partial charge in [-0.15, -0.1) is 0 Å². The van der Waals surface area contributed by atoms with E-state index in [4.69, 9.17) is 0 Å². The van der Waals surface area contributed by atoms with Crippen LogP contribution in [-0.4, -0.2) is 91.4 Å². The third-order valence-corrected chi connectivity index (χ3v) is 16.1. The molecular weight excluding hydrogens is 1270 g/mol. The number of aliphatic imine (C=N–C) groups is 3. The van der Waals surface area contributed by atoms with Crippen molar-refractivity contribution in [3.63, 3.8) is 0 Å². The van der Waals surface area contributed by atoms with Crippen LogP contribution in [0.25, 0.3) is 109 Å². The average Bonchev–Trinajstić information content (AvgIpc) is 1.57. The van der Waals surface area contributed by atoms with Crippen molar-refractivity contribution in [2.75, 3.05) is 0 Å². The van der Waals surface area contributed by atoms with Crippen molar-refractivity contribution in [1.82, 2.24) is 65.6 Å².